The largest absolute Gasteiger partial charge is 0.359 e. The smallest absolute Gasteiger partial charge is 0.159 e. The Morgan fingerprint density at radius 1 is 1.10 bits per heavy atom. The normalized spacial score (nSPS) is 15.8. The molecule has 2 aromatic carbocycles. The average Bonchev–Trinajstić information content (AvgIpc) is 3.72. The van der Waals surface area contributed by atoms with Gasteiger partial charge in [-0.05, 0) is 92.0 Å². The lowest BCUT2D eigenvalue weighted by molar-refractivity contribution is 0.393. The van der Waals surface area contributed by atoms with Crippen LogP contribution in [0.15, 0.2) is 96.9 Å². The van der Waals surface area contributed by atoms with Gasteiger partial charge in [0.25, 0.3) is 0 Å². The average molecular weight is 681 g/mol. The molecular weight excluding hydrogens is 635 g/mol. The molecule has 1 fully saturated rings. The topological polar surface area (TPSA) is 81.4 Å². The molecule has 1 aliphatic carbocycles. The van der Waals surface area contributed by atoms with Crippen molar-refractivity contribution in [2.24, 2.45) is 5.92 Å². The number of para-hydroxylation sites is 1. The van der Waals surface area contributed by atoms with Crippen LogP contribution in [0.4, 0.5) is 8.78 Å². The Kier molecular flexibility index (Phi) is 11.1. The maximum Gasteiger partial charge on any atom is 0.159 e. The van der Waals surface area contributed by atoms with Gasteiger partial charge in [0.05, 0.1) is 21.6 Å². The molecule has 4 aromatic rings. The Bertz CT molecular complexity index is 2210. The summed E-state index contributed by atoms with van der Waals surface area (Å²) < 4.78 is 34.8. The zero-order chi connectivity index (χ0) is 35.3. The minimum Gasteiger partial charge on any atom is -0.359 e. The molecular formula is C40H46F2N6S. The van der Waals surface area contributed by atoms with Crippen molar-refractivity contribution in [3.05, 3.63) is 119 Å². The minimum atomic E-state index is -1.48. The molecule has 2 aromatic heterocycles. The summed E-state index contributed by atoms with van der Waals surface area (Å²) in [5, 5.41) is 11.6. The highest BCUT2D eigenvalue weighted by atomic mass is 32.2. The summed E-state index contributed by atoms with van der Waals surface area (Å²) in [6, 6.07) is 10.5. The van der Waals surface area contributed by atoms with Crippen LogP contribution in [-0.2, 0) is 6.54 Å². The van der Waals surface area contributed by atoms with Gasteiger partial charge >= 0.3 is 0 Å². The Balaban J connectivity index is 1.53. The highest BCUT2D eigenvalue weighted by Crippen LogP contribution is 2.31. The van der Waals surface area contributed by atoms with Crippen molar-refractivity contribution >= 4 is 44.1 Å². The number of aromatic amines is 2. The molecule has 6 nitrogen and oxygen atoms in total. The molecule has 1 aliphatic rings. The number of fused-ring (bicyclic) bond motifs is 1. The first-order chi connectivity index (χ1) is 23.4. The molecule has 0 unspecified atom stereocenters. The van der Waals surface area contributed by atoms with Gasteiger partial charge < -0.3 is 10.3 Å². The van der Waals surface area contributed by atoms with Gasteiger partial charge in [-0.15, -0.1) is 0 Å². The zero-order valence-electron chi connectivity index (χ0n) is 28.7. The van der Waals surface area contributed by atoms with Gasteiger partial charge in [-0.3, -0.25) is 9.82 Å². The molecule has 0 aliphatic heterocycles. The first-order valence-corrected chi connectivity index (χ1v) is 18.8. The number of halogens is 2. The quantitative estimate of drug-likeness (QED) is 0.0899. The number of H-pyrrole nitrogens is 2. The van der Waals surface area contributed by atoms with Crippen molar-refractivity contribution in [2.75, 3.05) is 6.26 Å². The molecule has 0 saturated heterocycles. The van der Waals surface area contributed by atoms with Gasteiger partial charge in [-0.2, -0.15) is 14.5 Å². The van der Waals surface area contributed by atoms with Crippen molar-refractivity contribution < 1.29 is 8.78 Å². The summed E-state index contributed by atoms with van der Waals surface area (Å²) in [6.45, 7) is 16.5. The molecule has 9 heteroatoms. The first kappa shape index (κ1) is 35.6. The Morgan fingerprint density at radius 3 is 2.53 bits per heavy atom. The summed E-state index contributed by atoms with van der Waals surface area (Å²) in [7, 11) is -1.48. The summed E-state index contributed by atoms with van der Waals surface area (Å²) in [4.78, 5) is 8.19. The van der Waals surface area contributed by atoms with Crippen LogP contribution in [0.2, 0.25) is 0 Å². The van der Waals surface area contributed by atoms with Crippen molar-refractivity contribution in [3.8, 4) is 22.6 Å². The van der Waals surface area contributed by atoms with Gasteiger partial charge in [0, 0.05) is 29.1 Å². The number of hydrogen-bond donors (Lipinski definition) is 4. The fourth-order valence-electron chi connectivity index (χ4n) is 6.18. The highest BCUT2D eigenvalue weighted by Gasteiger charge is 2.20. The standard InChI is InChI=1S/C40H46F2N6S/c1-9-28(23-32(10-2)44-26(5)29-16-13-12-14-17-29)25(4)37(42)36-34(11-3)47-48-39(36)40-45-35-19-15-18-33(38(35)46-40)30-20-27(21-31(41)22-30)24-43-49(6,7)8/h9-11,15,18-23,29,43-44,47H,2,4-7,12-14,16-17,24H2,1,3,8H3,(H,45,46)/b28-9+,32-23+,34-11+,37-36-. The van der Waals surface area contributed by atoms with Crippen LogP contribution < -0.4 is 20.6 Å². The molecule has 0 radical (unpaired) electrons. The third-order valence-electron chi connectivity index (χ3n) is 8.79. The number of benzene rings is 2. The Labute approximate surface area is 288 Å². The van der Waals surface area contributed by atoms with Crippen molar-refractivity contribution in [3.63, 3.8) is 0 Å². The molecule has 0 spiro atoms. The van der Waals surface area contributed by atoms with Crippen LogP contribution in [0, 0.1) is 11.7 Å². The lowest BCUT2D eigenvalue weighted by atomic mass is 9.87. The van der Waals surface area contributed by atoms with E-state index in [4.69, 9.17) is 4.98 Å². The lowest BCUT2D eigenvalue weighted by Crippen LogP contribution is -2.26. The van der Waals surface area contributed by atoms with Crippen LogP contribution in [0.25, 0.3) is 45.6 Å². The third kappa shape index (κ3) is 8.29. The third-order valence-corrected chi connectivity index (χ3v) is 9.63. The Morgan fingerprint density at radius 2 is 1.86 bits per heavy atom. The number of aromatic nitrogens is 4. The second-order valence-corrected chi connectivity index (χ2v) is 15.5. The van der Waals surface area contributed by atoms with E-state index < -0.39 is 15.2 Å². The van der Waals surface area contributed by atoms with Crippen LogP contribution in [0.5, 0.6) is 0 Å². The van der Waals surface area contributed by atoms with Crippen molar-refractivity contribution in [1.82, 2.24) is 30.2 Å². The number of nitrogens with one attached hydrogen (secondary N) is 4. The molecule has 49 heavy (non-hydrogen) atoms. The van der Waals surface area contributed by atoms with Crippen LogP contribution in [-0.4, -0.2) is 38.2 Å². The number of nitrogens with zero attached hydrogens (tertiary/aromatic N) is 2. The molecule has 4 N–H and O–H groups in total. The molecule has 5 rings (SSSR count). The van der Waals surface area contributed by atoms with Gasteiger partial charge in [0.15, 0.2) is 5.82 Å². The predicted molar refractivity (Wildman–Crippen MR) is 208 cm³/mol. The summed E-state index contributed by atoms with van der Waals surface area (Å²) >= 11 is 0. The molecule has 256 valence electrons. The van der Waals surface area contributed by atoms with Gasteiger partial charge in [-0.1, -0.05) is 75.0 Å². The van der Waals surface area contributed by atoms with Gasteiger partial charge in [0.2, 0.25) is 0 Å². The van der Waals surface area contributed by atoms with E-state index in [1.165, 1.54) is 31.4 Å². The molecule has 2 heterocycles. The van der Waals surface area contributed by atoms with Crippen molar-refractivity contribution in [2.45, 2.75) is 52.5 Å². The van der Waals surface area contributed by atoms with E-state index in [1.807, 2.05) is 56.5 Å². The van der Waals surface area contributed by atoms with Crippen LogP contribution in [0.3, 0.4) is 0 Å². The van der Waals surface area contributed by atoms with Crippen LogP contribution in [0.1, 0.15) is 51.5 Å². The maximum absolute atomic E-state index is 16.7. The number of allylic oxidation sites excluding steroid dienone is 6. The monoisotopic (exact) mass is 680 g/mol. The van der Waals surface area contributed by atoms with E-state index >= 15 is 4.39 Å². The van der Waals surface area contributed by atoms with E-state index in [0.29, 0.717) is 51.5 Å². The minimum absolute atomic E-state index is 0.192. The number of imidazole rings is 1. The molecule has 0 bridgehead atoms. The second kappa shape index (κ2) is 15.2. The number of rotatable bonds is 12. The summed E-state index contributed by atoms with van der Waals surface area (Å²) in [5.41, 5.74) is 6.24. The zero-order valence-corrected chi connectivity index (χ0v) is 29.5. The fraction of sp³-hybridized carbons (Fsp3) is 0.250. The van der Waals surface area contributed by atoms with E-state index in [0.717, 1.165) is 35.4 Å². The SMILES string of the molecule is C=C/C(=C\C(=C/C)C(=C)/C(F)=c1/c(-c2nc3c(-c4cc(F)cc(CNS(=C)(=C)C)c4)cccc3[nH]2)n[nH]/c1=C/C)NC(=C)C1CCCCC1. The van der Waals surface area contributed by atoms with E-state index in [2.05, 4.69) is 56.7 Å². The Hall–Kier alpha value is -4.73. The van der Waals surface area contributed by atoms with E-state index in [1.54, 1.807) is 12.2 Å². The van der Waals surface area contributed by atoms with Gasteiger partial charge in [0.1, 0.15) is 17.3 Å². The summed E-state index contributed by atoms with van der Waals surface area (Å²) in [5.74, 6) is 7.97. The van der Waals surface area contributed by atoms with Crippen molar-refractivity contribution in [1.29, 1.82) is 0 Å². The highest BCUT2D eigenvalue weighted by molar-refractivity contribution is 8.25. The number of hydrogen-bond acceptors (Lipinski definition) is 4. The molecule has 1 saturated carbocycles. The summed E-state index contributed by atoms with van der Waals surface area (Å²) in [6.07, 6.45) is 14.9. The van der Waals surface area contributed by atoms with E-state index in [9.17, 15) is 4.39 Å². The van der Waals surface area contributed by atoms with Gasteiger partial charge in [-0.25, -0.2) is 13.8 Å². The second-order valence-electron chi connectivity index (χ2n) is 12.7. The molecule has 0 amide bonds. The van der Waals surface area contributed by atoms with E-state index in [-0.39, 0.29) is 16.6 Å². The fourth-order valence-corrected chi connectivity index (χ4v) is 6.69. The molecule has 0 atom stereocenters. The van der Waals surface area contributed by atoms with Crippen LogP contribution >= 0.6 is 9.39 Å². The maximum atomic E-state index is 16.7. The predicted octanol–water partition coefficient (Wildman–Crippen LogP) is 8.20. The first-order valence-electron chi connectivity index (χ1n) is 16.5. The lowest BCUT2D eigenvalue weighted by Gasteiger charge is -2.25.